The van der Waals surface area contributed by atoms with Crippen molar-refractivity contribution in [3.63, 3.8) is 0 Å². The summed E-state index contributed by atoms with van der Waals surface area (Å²) in [5.74, 6) is 0.766. The van der Waals surface area contributed by atoms with E-state index in [9.17, 15) is 0 Å². The van der Waals surface area contributed by atoms with Crippen LogP contribution in [0.25, 0.3) is 0 Å². The predicted molar refractivity (Wildman–Crippen MR) is 66.7 cm³/mol. The molecule has 0 heterocycles. The fraction of sp³-hybridized carbons (Fsp3) is 0.500. The lowest BCUT2D eigenvalue weighted by Gasteiger charge is -2.18. The summed E-state index contributed by atoms with van der Waals surface area (Å²) in [5.41, 5.74) is 9.42. The Morgan fingerprint density at radius 1 is 1.56 bits per heavy atom. The van der Waals surface area contributed by atoms with Gasteiger partial charge in [-0.15, -0.1) is 0 Å². The molecule has 1 aromatic carbocycles. The molecule has 3 N–H and O–H groups in total. The topological polar surface area (TPSA) is 55.5 Å². The highest BCUT2D eigenvalue weighted by atomic mass is 79.9. The average molecular weight is 286 g/mol. The Balaban J connectivity index is 2.56. The van der Waals surface area contributed by atoms with Gasteiger partial charge in [-0.05, 0) is 46.3 Å². The van der Waals surface area contributed by atoms with Crippen molar-refractivity contribution >= 4 is 15.9 Å². The molecule has 88 valence electrons. The highest BCUT2D eigenvalue weighted by Gasteiger charge is 2.22. The number of nitrogens with two attached hydrogens (primary N) is 1. The molecule has 3 nitrogen and oxygen atoms in total. The van der Waals surface area contributed by atoms with Crippen LogP contribution in [-0.2, 0) is 12.8 Å². The number of fused-ring (bicyclic) bond motifs is 1. The predicted octanol–water partition coefficient (Wildman–Crippen LogP) is 1.94. The number of aliphatic hydroxyl groups excluding tert-OH is 1. The molecule has 16 heavy (non-hydrogen) atoms. The maximum atomic E-state index is 9.15. The van der Waals surface area contributed by atoms with Crippen LogP contribution in [0.15, 0.2) is 10.5 Å². The summed E-state index contributed by atoms with van der Waals surface area (Å²) in [6, 6.07) is 1.70. The number of halogens is 1. The van der Waals surface area contributed by atoms with E-state index in [0.29, 0.717) is 0 Å². The van der Waals surface area contributed by atoms with E-state index in [1.807, 2.05) is 0 Å². The summed E-state index contributed by atoms with van der Waals surface area (Å²) < 4.78 is 6.39. The zero-order valence-corrected chi connectivity index (χ0v) is 10.9. The van der Waals surface area contributed by atoms with Gasteiger partial charge in [-0.2, -0.15) is 0 Å². The number of aryl methyl sites for hydroxylation is 1. The summed E-state index contributed by atoms with van der Waals surface area (Å²) >= 11 is 3.58. The van der Waals surface area contributed by atoms with Crippen LogP contribution in [0.1, 0.15) is 29.2 Å². The zero-order valence-electron chi connectivity index (χ0n) is 9.29. The summed E-state index contributed by atoms with van der Waals surface area (Å²) in [6.45, 7) is -0.0679. The molecule has 1 unspecified atom stereocenters. The first-order valence-electron chi connectivity index (χ1n) is 5.43. The fourth-order valence-electron chi connectivity index (χ4n) is 2.28. The fourth-order valence-corrected chi connectivity index (χ4v) is 3.12. The van der Waals surface area contributed by atoms with E-state index >= 15 is 0 Å². The minimum Gasteiger partial charge on any atom is -0.495 e. The standard InChI is InChI=1S/C12H16BrNO2/c1-16-12-9(10(14)6-15)5-7-3-2-4-8(7)11(12)13/h5,10,15H,2-4,6,14H2,1H3. The van der Waals surface area contributed by atoms with Crippen molar-refractivity contribution in [3.8, 4) is 5.75 Å². The molecular formula is C12H16BrNO2. The Hall–Kier alpha value is -0.580. The average Bonchev–Trinajstić information content (AvgIpc) is 2.76. The van der Waals surface area contributed by atoms with E-state index < -0.39 is 0 Å². The Kier molecular flexibility index (Phi) is 3.52. The van der Waals surface area contributed by atoms with Gasteiger partial charge in [0.25, 0.3) is 0 Å². The van der Waals surface area contributed by atoms with Gasteiger partial charge in [0.15, 0.2) is 0 Å². The summed E-state index contributed by atoms with van der Waals surface area (Å²) in [6.07, 6.45) is 3.35. The van der Waals surface area contributed by atoms with E-state index in [1.165, 1.54) is 17.5 Å². The van der Waals surface area contributed by atoms with Crippen LogP contribution in [0.4, 0.5) is 0 Å². The minimum atomic E-state index is -0.378. The Labute approximate surface area is 104 Å². The SMILES string of the molecule is COc1c(C(N)CO)cc2c(c1Br)CCC2. The molecule has 0 bridgehead atoms. The smallest absolute Gasteiger partial charge is 0.138 e. The van der Waals surface area contributed by atoms with E-state index in [-0.39, 0.29) is 12.6 Å². The molecule has 0 spiro atoms. The first-order valence-corrected chi connectivity index (χ1v) is 6.23. The number of ether oxygens (including phenoxy) is 1. The van der Waals surface area contributed by atoms with Gasteiger partial charge in [0, 0.05) is 5.56 Å². The Bertz CT molecular complexity index is 406. The van der Waals surface area contributed by atoms with Crippen LogP contribution in [0.5, 0.6) is 5.75 Å². The minimum absolute atomic E-state index is 0.0679. The van der Waals surface area contributed by atoms with Crippen molar-refractivity contribution in [3.05, 3.63) is 27.2 Å². The van der Waals surface area contributed by atoms with E-state index in [0.717, 1.165) is 28.6 Å². The third kappa shape index (κ3) is 1.85. The zero-order chi connectivity index (χ0) is 11.7. The molecule has 0 saturated carbocycles. The van der Waals surface area contributed by atoms with Crippen molar-refractivity contribution in [2.24, 2.45) is 5.73 Å². The van der Waals surface area contributed by atoms with Gasteiger partial charge in [0.2, 0.25) is 0 Å². The number of hydrogen-bond donors (Lipinski definition) is 2. The summed E-state index contributed by atoms with van der Waals surface area (Å²) in [4.78, 5) is 0. The van der Waals surface area contributed by atoms with Crippen molar-refractivity contribution < 1.29 is 9.84 Å². The Morgan fingerprint density at radius 3 is 2.94 bits per heavy atom. The number of aliphatic hydroxyl groups is 1. The van der Waals surface area contributed by atoms with Crippen LogP contribution in [0.2, 0.25) is 0 Å². The molecule has 2 rings (SSSR count). The molecule has 0 amide bonds. The second-order valence-electron chi connectivity index (χ2n) is 4.09. The number of hydrogen-bond acceptors (Lipinski definition) is 3. The largest absolute Gasteiger partial charge is 0.495 e. The monoisotopic (exact) mass is 285 g/mol. The molecule has 0 aromatic heterocycles. The van der Waals surface area contributed by atoms with Crippen LogP contribution in [0.3, 0.4) is 0 Å². The van der Waals surface area contributed by atoms with Crippen LogP contribution < -0.4 is 10.5 Å². The molecule has 4 heteroatoms. The van der Waals surface area contributed by atoms with Crippen LogP contribution in [-0.4, -0.2) is 18.8 Å². The van der Waals surface area contributed by atoms with Gasteiger partial charge in [0.1, 0.15) is 5.75 Å². The number of methoxy groups -OCH3 is 1. The van der Waals surface area contributed by atoms with Gasteiger partial charge >= 0.3 is 0 Å². The van der Waals surface area contributed by atoms with Gasteiger partial charge in [-0.25, -0.2) is 0 Å². The molecule has 1 aromatic rings. The first kappa shape index (κ1) is 11.9. The third-order valence-electron chi connectivity index (χ3n) is 3.12. The maximum absolute atomic E-state index is 9.15. The van der Waals surface area contributed by atoms with Gasteiger partial charge in [0.05, 0.1) is 24.2 Å². The van der Waals surface area contributed by atoms with Crippen LogP contribution >= 0.6 is 15.9 Å². The molecular weight excluding hydrogens is 270 g/mol. The van der Waals surface area contributed by atoms with E-state index in [4.69, 9.17) is 15.6 Å². The van der Waals surface area contributed by atoms with Gasteiger partial charge < -0.3 is 15.6 Å². The van der Waals surface area contributed by atoms with Gasteiger partial charge in [-0.3, -0.25) is 0 Å². The Morgan fingerprint density at radius 2 is 2.31 bits per heavy atom. The third-order valence-corrected chi connectivity index (χ3v) is 3.96. The second-order valence-corrected chi connectivity index (χ2v) is 4.89. The highest BCUT2D eigenvalue weighted by Crippen LogP contribution is 2.40. The normalized spacial score (nSPS) is 16.0. The summed E-state index contributed by atoms with van der Waals surface area (Å²) in [7, 11) is 1.63. The van der Waals surface area contributed by atoms with Crippen molar-refractivity contribution in [2.75, 3.05) is 13.7 Å². The number of benzene rings is 1. The lowest BCUT2D eigenvalue weighted by Crippen LogP contribution is -2.16. The summed E-state index contributed by atoms with van der Waals surface area (Å²) in [5, 5.41) is 9.15. The highest BCUT2D eigenvalue weighted by molar-refractivity contribution is 9.10. The maximum Gasteiger partial charge on any atom is 0.138 e. The lowest BCUT2D eigenvalue weighted by atomic mass is 10.0. The molecule has 0 radical (unpaired) electrons. The molecule has 1 aliphatic rings. The molecule has 1 atom stereocenters. The van der Waals surface area contributed by atoms with Crippen molar-refractivity contribution in [1.82, 2.24) is 0 Å². The quantitative estimate of drug-likeness (QED) is 0.892. The lowest BCUT2D eigenvalue weighted by molar-refractivity contribution is 0.264. The van der Waals surface area contributed by atoms with E-state index in [2.05, 4.69) is 22.0 Å². The van der Waals surface area contributed by atoms with Gasteiger partial charge in [-0.1, -0.05) is 6.07 Å². The van der Waals surface area contributed by atoms with E-state index in [1.54, 1.807) is 7.11 Å². The number of rotatable bonds is 3. The molecule has 1 aliphatic carbocycles. The first-order chi connectivity index (χ1) is 7.69. The van der Waals surface area contributed by atoms with Crippen LogP contribution in [0, 0.1) is 0 Å². The van der Waals surface area contributed by atoms with Crippen molar-refractivity contribution in [2.45, 2.75) is 25.3 Å². The molecule has 0 aliphatic heterocycles. The molecule has 0 saturated heterocycles. The molecule has 0 fully saturated rings. The second kappa shape index (κ2) is 4.73. The van der Waals surface area contributed by atoms with Crippen molar-refractivity contribution in [1.29, 1.82) is 0 Å².